The topological polar surface area (TPSA) is 71.8 Å². The minimum absolute atomic E-state index is 0.356. The number of urea groups is 1. The summed E-state index contributed by atoms with van der Waals surface area (Å²) in [5, 5.41) is 16.0. The van der Waals surface area contributed by atoms with Crippen LogP contribution in [0.25, 0.3) is 5.69 Å². The SMILES string of the molecule is Cc1ccc(-n2c(SCc3ccccc3C)nnc2C(C)NC(=O)Nc2c(Cl)cccc2Cl)cc1. The Labute approximate surface area is 219 Å². The van der Waals surface area contributed by atoms with Crippen molar-refractivity contribution in [1.82, 2.24) is 20.1 Å². The number of halogens is 2. The lowest BCUT2D eigenvalue weighted by molar-refractivity contribution is 0.249. The number of nitrogens with zero attached hydrogens (tertiary/aromatic N) is 3. The van der Waals surface area contributed by atoms with Gasteiger partial charge in [0.15, 0.2) is 11.0 Å². The quantitative estimate of drug-likeness (QED) is 0.247. The summed E-state index contributed by atoms with van der Waals surface area (Å²) in [6, 6.07) is 20.6. The third-order valence-corrected chi connectivity index (χ3v) is 7.11. The van der Waals surface area contributed by atoms with E-state index in [1.54, 1.807) is 30.0 Å². The number of hydrogen-bond donors (Lipinski definition) is 2. The Bertz CT molecular complexity index is 1320. The first-order valence-electron chi connectivity index (χ1n) is 11.0. The van der Waals surface area contributed by atoms with Crippen LogP contribution in [0.3, 0.4) is 0 Å². The lowest BCUT2D eigenvalue weighted by atomic mass is 10.1. The van der Waals surface area contributed by atoms with Crippen LogP contribution in [-0.4, -0.2) is 20.8 Å². The van der Waals surface area contributed by atoms with E-state index in [4.69, 9.17) is 23.2 Å². The maximum Gasteiger partial charge on any atom is 0.319 e. The second-order valence-electron chi connectivity index (χ2n) is 8.14. The summed E-state index contributed by atoms with van der Waals surface area (Å²) in [7, 11) is 0. The number of rotatable bonds is 7. The lowest BCUT2D eigenvalue weighted by Crippen LogP contribution is -2.32. The molecule has 0 aliphatic heterocycles. The average molecular weight is 526 g/mol. The van der Waals surface area contributed by atoms with Crippen LogP contribution in [0.1, 0.15) is 35.5 Å². The molecule has 0 radical (unpaired) electrons. The molecule has 1 atom stereocenters. The summed E-state index contributed by atoms with van der Waals surface area (Å²) in [6.07, 6.45) is 0. The fourth-order valence-corrected chi connectivity index (χ4v) is 5.06. The lowest BCUT2D eigenvalue weighted by Gasteiger charge is -2.17. The van der Waals surface area contributed by atoms with Crippen LogP contribution in [0.15, 0.2) is 71.9 Å². The highest BCUT2D eigenvalue weighted by atomic mass is 35.5. The van der Waals surface area contributed by atoms with E-state index in [1.807, 2.05) is 54.8 Å². The van der Waals surface area contributed by atoms with Crippen molar-refractivity contribution in [2.75, 3.05) is 5.32 Å². The van der Waals surface area contributed by atoms with E-state index in [-0.39, 0.29) is 0 Å². The van der Waals surface area contributed by atoms with Gasteiger partial charge in [0, 0.05) is 11.4 Å². The van der Waals surface area contributed by atoms with Crippen molar-refractivity contribution in [2.24, 2.45) is 0 Å². The number of anilines is 1. The third-order valence-electron chi connectivity index (χ3n) is 5.50. The molecule has 2 N–H and O–H groups in total. The zero-order chi connectivity index (χ0) is 24.9. The van der Waals surface area contributed by atoms with Crippen LogP contribution in [0.5, 0.6) is 0 Å². The largest absolute Gasteiger partial charge is 0.328 e. The van der Waals surface area contributed by atoms with Gasteiger partial charge in [0.25, 0.3) is 0 Å². The van der Waals surface area contributed by atoms with Crippen molar-refractivity contribution in [1.29, 1.82) is 0 Å². The molecule has 0 aliphatic carbocycles. The molecule has 180 valence electrons. The molecule has 0 aliphatic rings. The first-order chi connectivity index (χ1) is 16.8. The molecule has 9 heteroatoms. The van der Waals surface area contributed by atoms with E-state index in [0.29, 0.717) is 21.6 Å². The number of aromatic nitrogens is 3. The number of hydrogen-bond acceptors (Lipinski definition) is 4. The highest BCUT2D eigenvalue weighted by Crippen LogP contribution is 2.31. The number of amides is 2. The number of thioether (sulfide) groups is 1. The molecule has 1 heterocycles. The van der Waals surface area contributed by atoms with Gasteiger partial charge in [0.05, 0.1) is 21.8 Å². The van der Waals surface area contributed by atoms with Crippen molar-refractivity contribution in [3.63, 3.8) is 0 Å². The highest BCUT2D eigenvalue weighted by molar-refractivity contribution is 7.98. The Hall–Kier alpha value is -3.00. The maximum atomic E-state index is 12.7. The van der Waals surface area contributed by atoms with Gasteiger partial charge in [-0.25, -0.2) is 4.79 Å². The van der Waals surface area contributed by atoms with E-state index in [0.717, 1.165) is 22.2 Å². The number of benzene rings is 3. The van der Waals surface area contributed by atoms with Crippen LogP contribution < -0.4 is 10.6 Å². The smallest absolute Gasteiger partial charge is 0.319 e. The fourth-order valence-electron chi connectivity index (χ4n) is 3.53. The zero-order valence-corrected chi connectivity index (χ0v) is 21.9. The predicted octanol–water partition coefficient (Wildman–Crippen LogP) is 7.37. The Kier molecular flexibility index (Phi) is 8.00. The molecule has 3 aromatic carbocycles. The average Bonchev–Trinajstić information content (AvgIpc) is 3.25. The van der Waals surface area contributed by atoms with Crippen LogP contribution in [0.2, 0.25) is 10.0 Å². The Morgan fingerprint density at radius 3 is 2.34 bits per heavy atom. The molecular formula is C26H25Cl2N5OS. The number of aryl methyl sites for hydroxylation is 2. The second-order valence-corrected chi connectivity index (χ2v) is 9.90. The summed E-state index contributed by atoms with van der Waals surface area (Å²) in [6.45, 7) is 6.00. The van der Waals surface area contributed by atoms with Crippen molar-refractivity contribution >= 4 is 46.7 Å². The molecule has 0 fully saturated rings. The van der Waals surface area contributed by atoms with Gasteiger partial charge in [-0.1, -0.05) is 83.0 Å². The van der Waals surface area contributed by atoms with E-state index in [1.165, 1.54) is 11.1 Å². The number of carbonyl (C=O) groups excluding carboxylic acids is 1. The van der Waals surface area contributed by atoms with Crippen molar-refractivity contribution < 1.29 is 4.79 Å². The summed E-state index contributed by atoms with van der Waals surface area (Å²) in [5.41, 5.74) is 4.90. The second kappa shape index (κ2) is 11.2. The van der Waals surface area contributed by atoms with Gasteiger partial charge in [-0.3, -0.25) is 4.57 Å². The number of carbonyl (C=O) groups is 1. The third kappa shape index (κ3) is 5.99. The molecule has 0 spiro atoms. The van der Waals surface area contributed by atoms with E-state index < -0.39 is 12.1 Å². The van der Waals surface area contributed by atoms with E-state index in [2.05, 4.69) is 39.9 Å². The molecule has 35 heavy (non-hydrogen) atoms. The Balaban J connectivity index is 1.59. The molecule has 0 saturated heterocycles. The molecule has 4 rings (SSSR count). The summed E-state index contributed by atoms with van der Waals surface area (Å²) < 4.78 is 1.98. The summed E-state index contributed by atoms with van der Waals surface area (Å²) >= 11 is 14.0. The van der Waals surface area contributed by atoms with Crippen molar-refractivity contribution in [3.8, 4) is 5.69 Å². The molecule has 1 unspecified atom stereocenters. The molecule has 1 aromatic heterocycles. The normalized spacial score (nSPS) is 11.8. The van der Waals surface area contributed by atoms with E-state index >= 15 is 0 Å². The van der Waals surface area contributed by atoms with Crippen LogP contribution in [0, 0.1) is 13.8 Å². The Morgan fingerprint density at radius 1 is 0.971 bits per heavy atom. The molecular weight excluding hydrogens is 501 g/mol. The van der Waals surface area contributed by atoms with Crippen LogP contribution in [-0.2, 0) is 5.75 Å². The van der Waals surface area contributed by atoms with Crippen LogP contribution in [0.4, 0.5) is 10.5 Å². The first-order valence-corrected chi connectivity index (χ1v) is 12.8. The molecule has 6 nitrogen and oxygen atoms in total. The minimum atomic E-state index is -0.446. The van der Waals surface area contributed by atoms with Gasteiger partial charge < -0.3 is 10.6 Å². The Morgan fingerprint density at radius 2 is 1.66 bits per heavy atom. The van der Waals surface area contributed by atoms with Gasteiger partial charge in [0.1, 0.15) is 0 Å². The number of para-hydroxylation sites is 1. The minimum Gasteiger partial charge on any atom is -0.328 e. The summed E-state index contributed by atoms with van der Waals surface area (Å²) in [5.74, 6) is 1.37. The standard InChI is InChI=1S/C26H25Cl2N5OS/c1-16-11-13-20(14-12-16)33-24(31-32-26(33)35-15-19-8-5-4-7-17(19)2)18(3)29-25(34)30-23-21(27)9-6-10-22(23)28/h4-14,18H,15H2,1-3H3,(H2,29,30,34). The molecule has 0 bridgehead atoms. The predicted molar refractivity (Wildman–Crippen MR) is 144 cm³/mol. The summed E-state index contributed by atoms with van der Waals surface area (Å²) in [4.78, 5) is 12.7. The highest BCUT2D eigenvalue weighted by Gasteiger charge is 2.22. The van der Waals surface area contributed by atoms with Gasteiger partial charge in [-0.2, -0.15) is 0 Å². The maximum absolute atomic E-state index is 12.7. The van der Waals surface area contributed by atoms with Gasteiger partial charge in [0.2, 0.25) is 0 Å². The fraction of sp³-hybridized carbons (Fsp3) is 0.192. The number of nitrogens with one attached hydrogen (secondary N) is 2. The molecule has 2 amide bonds. The first kappa shape index (κ1) is 25.1. The monoisotopic (exact) mass is 525 g/mol. The van der Waals surface area contributed by atoms with Crippen molar-refractivity contribution in [2.45, 2.75) is 37.7 Å². The van der Waals surface area contributed by atoms with E-state index in [9.17, 15) is 4.79 Å². The van der Waals surface area contributed by atoms with Gasteiger partial charge in [-0.15, -0.1) is 10.2 Å². The van der Waals surface area contributed by atoms with Gasteiger partial charge in [-0.05, 0) is 56.2 Å². The zero-order valence-electron chi connectivity index (χ0n) is 19.5. The van der Waals surface area contributed by atoms with Gasteiger partial charge >= 0.3 is 6.03 Å². The van der Waals surface area contributed by atoms with Crippen LogP contribution >= 0.6 is 35.0 Å². The molecule has 0 saturated carbocycles. The van der Waals surface area contributed by atoms with Crippen molar-refractivity contribution in [3.05, 3.63) is 99.3 Å². The molecule has 4 aromatic rings.